The van der Waals surface area contributed by atoms with Crippen LogP contribution in [0.2, 0.25) is 0 Å². The molecule has 1 aliphatic rings. The van der Waals surface area contributed by atoms with Crippen LogP contribution in [0.5, 0.6) is 0 Å². The first kappa shape index (κ1) is 15.9. The summed E-state index contributed by atoms with van der Waals surface area (Å²) in [5, 5.41) is 9.27. The highest BCUT2D eigenvalue weighted by Crippen LogP contribution is 2.33. The van der Waals surface area contributed by atoms with Gasteiger partial charge in [-0.1, -0.05) is 22.9 Å². The maximum absolute atomic E-state index is 12.8. The number of benzene rings is 1. The number of halogens is 1. The van der Waals surface area contributed by atoms with E-state index in [1.807, 2.05) is 6.92 Å². The molecule has 6 heteroatoms. The van der Waals surface area contributed by atoms with Crippen molar-refractivity contribution in [3.05, 3.63) is 27.7 Å². The van der Waals surface area contributed by atoms with E-state index < -0.39 is 10.0 Å². The third-order valence-electron chi connectivity index (χ3n) is 3.67. The number of aliphatic hydroxyl groups is 1. The van der Waals surface area contributed by atoms with Gasteiger partial charge in [-0.15, -0.1) is 0 Å². The fourth-order valence-electron chi connectivity index (χ4n) is 2.19. The van der Waals surface area contributed by atoms with Gasteiger partial charge in [0.15, 0.2) is 0 Å². The molecule has 0 aromatic heterocycles. The molecule has 0 saturated heterocycles. The number of nitrogens with zero attached hydrogens (tertiary/aromatic N) is 1. The minimum Gasteiger partial charge on any atom is -0.392 e. The summed E-state index contributed by atoms with van der Waals surface area (Å²) in [5.74, 6) is 0.509. The summed E-state index contributed by atoms with van der Waals surface area (Å²) < 4.78 is 27.8. The van der Waals surface area contributed by atoms with E-state index >= 15 is 0 Å². The first-order valence-corrected chi connectivity index (χ1v) is 9.03. The van der Waals surface area contributed by atoms with Gasteiger partial charge in [-0.25, -0.2) is 8.42 Å². The van der Waals surface area contributed by atoms with Gasteiger partial charge in [-0.3, -0.25) is 0 Å². The van der Waals surface area contributed by atoms with Crippen LogP contribution < -0.4 is 0 Å². The normalized spacial score (nSPS) is 15.8. The topological polar surface area (TPSA) is 57.6 Å². The molecule has 0 atom stereocenters. The number of hydrogen-bond acceptors (Lipinski definition) is 3. The lowest BCUT2D eigenvalue weighted by Gasteiger charge is -2.22. The van der Waals surface area contributed by atoms with E-state index in [1.165, 1.54) is 0 Å². The lowest BCUT2D eigenvalue weighted by molar-refractivity contribution is 0.281. The number of rotatable bonds is 6. The molecule has 20 heavy (non-hydrogen) atoms. The Bertz CT molecular complexity index is 597. The standard InChI is InChI=1S/C14H20BrNO3S/c1-3-16(8-11-4-5-11)20(18,19)14-7-12(9-17)6-13(15)10(14)2/h6-7,11,17H,3-5,8-9H2,1-2H3. The van der Waals surface area contributed by atoms with E-state index in [1.54, 1.807) is 23.4 Å². The molecule has 112 valence electrons. The highest BCUT2D eigenvalue weighted by molar-refractivity contribution is 9.10. The minimum atomic E-state index is -3.50. The molecule has 1 aromatic carbocycles. The quantitative estimate of drug-likeness (QED) is 0.847. The summed E-state index contributed by atoms with van der Waals surface area (Å²) >= 11 is 3.37. The van der Waals surface area contributed by atoms with Gasteiger partial charge in [0.05, 0.1) is 11.5 Å². The lowest BCUT2D eigenvalue weighted by atomic mass is 10.2. The summed E-state index contributed by atoms with van der Waals surface area (Å²) in [6, 6.07) is 3.33. The van der Waals surface area contributed by atoms with Gasteiger partial charge in [-0.05, 0) is 48.9 Å². The van der Waals surface area contributed by atoms with Crippen LogP contribution in [0.1, 0.15) is 30.9 Å². The molecular weight excluding hydrogens is 342 g/mol. The third kappa shape index (κ3) is 3.24. The minimum absolute atomic E-state index is 0.170. The molecule has 0 aliphatic heterocycles. The maximum atomic E-state index is 12.8. The van der Waals surface area contributed by atoms with Crippen LogP contribution in [0.3, 0.4) is 0 Å². The molecule has 2 rings (SSSR count). The van der Waals surface area contributed by atoms with Crippen molar-refractivity contribution in [2.45, 2.75) is 38.2 Å². The molecule has 0 bridgehead atoms. The Labute approximate surface area is 129 Å². The van der Waals surface area contributed by atoms with Crippen molar-refractivity contribution in [3.8, 4) is 0 Å². The zero-order chi connectivity index (χ0) is 14.9. The van der Waals surface area contributed by atoms with E-state index in [0.29, 0.717) is 39.5 Å². The van der Waals surface area contributed by atoms with Gasteiger partial charge in [0, 0.05) is 17.6 Å². The average Bonchev–Trinajstić information content (AvgIpc) is 3.22. The van der Waals surface area contributed by atoms with Crippen molar-refractivity contribution < 1.29 is 13.5 Å². The fourth-order valence-corrected chi connectivity index (χ4v) is 4.65. The van der Waals surface area contributed by atoms with Crippen molar-refractivity contribution in [1.29, 1.82) is 0 Å². The molecule has 4 nitrogen and oxygen atoms in total. The van der Waals surface area contributed by atoms with Gasteiger partial charge in [0.2, 0.25) is 10.0 Å². The van der Waals surface area contributed by atoms with E-state index in [9.17, 15) is 13.5 Å². The Morgan fingerprint density at radius 3 is 2.55 bits per heavy atom. The summed E-state index contributed by atoms with van der Waals surface area (Å²) in [5.41, 5.74) is 1.29. The number of sulfonamides is 1. The molecule has 0 unspecified atom stereocenters. The van der Waals surface area contributed by atoms with E-state index in [-0.39, 0.29) is 6.61 Å². The Balaban J connectivity index is 2.43. The Morgan fingerprint density at radius 1 is 1.40 bits per heavy atom. The largest absolute Gasteiger partial charge is 0.392 e. The van der Waals surface area contributed by atoms with Gasteiger partial charge in [-0.2, -0.15) is 4.31 Å². The van der Waals surface area contributed by atoms with Gasteiger partial charge < -0.3 is 5.11 Å². The molecule has 1 N–H and O–H groups in total. The smallest absolute Gasteiger partial charge is 0.243 e. The lowest BCUT2D eigenvalue weighted by Crippen LogP contribution is -2.33. The van der Waals surface area contributed by atoms with Crippen LogP contribution >= 0.6 is 15.9 Å². The van der Waals surface area contributed by atoms with Gasteiger partial charge in [0.25, 0.3) is 0 Å². The SMILES string of the molecule is CCN(CC1CC1)S(=O)(=O)c1cc(CO)cc(Br)c1C. The first-order valence-electron chi connectivity index (χ1n) is 6.80. The average molecular weight is 362 g/mol. The highest BCUT2D eigenvalue weighted by atomic mass is 79.9. The zero-order valence-electron chi connectivity index (χ0n) is 11.8. The second-order valence-corrected chi connectivity index (χ2v) is 8.02. The predicted molar refractivity (Wildman–Crippen MR) is 82.0 cm³/mol. The summed E-state index contributed by atoms with van der Waals surface area (Å²) in [7, 11) is -3.50. The molecule has 0 amide bonds. The molecule has 0 heterocycles. The predicted octanol–water partition coefficient (Wildman–Crippen LogP) is 2.67. The molecule has 0 radical (unpaired) electrons. The molecule has 1 aromatic rings. The molecule has 1 fully saturated rings. The van der Waals surface area contributed by atoms with Crippen molar-refractivity contribution in [1.82, 2.24) is 4.31 Å². The van der Waals surface area contributed by atoms with Crippen molar-refractivity contribution in [2.75, 3.05) is 13.1 Å². The maximum Gasteiger partial charge on any atom is 0.243 e. The Kier molecular flexibility index (Phi) is 4.89. The van der Waals surface area contributed by atoms with Gasteiger partial charge >= 0.3 is 0 Å². The van der Waals surface area contributed by atoms with Crippen molar-refractivity contribution in [3.63, 3.8) is 0 Å². The monoisotopic (exact) mass is 361 g/mol. The van der Waals surface area contributed by atoms with Crippen LogP contribution in [-0.2, 0) is 16.6 Å². The molecular formula is C14H20BrNO3S. The molecule has 1 saturated carbocycles. The highest BCUT2D eigenvalue weighted by Gasteiger charge is 2.32. The van der Waals surface area contributed by atoms with Crippen LogP contribution in [0.15, 0.2) is 21.5 Å². The Morgan fingerprint density at radius 2 is 2.05 bits per heavy atom. The summed E-state index contributed by atoms with van der Waals surface area (Å²) in [6.45, 7) is 4.54. The Hall–Kier alpha value is -0.430. The zero-order valence-corrected chi connectivity index (χ0v) is 14.2. The van der Waals surface area contributed by atoms with Gasteiger partial charge in [0.1, 0.15) is 0 Å². The van der Waals surface area contributed by atoms with Crippen molar-refractivity contribution >= 4 is 26.0 Å². The van der Waals surface area contributed by atoms with Crippen LogP contribution in [0.25, 0.3) is 0 Å². The molecule has 0 spiro atoms. The second kappa shape index (κ2) is 6.13. The van der Waals surface area contributed by atoms with Crippen LogP contribution in [0.4, 0.5) is 0 Å². The summed E-state index contributed by atoms with van der Waals surface area (Å²) in [4.78, 5) is 0.290. The number of aliphatic hydroxyl groups excluding tert-OH is 1. The fraction of sp³-hybridized carbons (Fsp3) is 0.571. The van der Waals surface area contributed by atoms with E-state index in [4.69, 9.17) is 0 Å². The molecule has 1 aliphatic carbocycles. The third-order valence-corrected chi connectivity index (χ3v) is 6.56. The first-order chi connectivity index (χ1) is 9.40. The second-order valence-electron chi connectivity index (χ2n) is 5.26. The van der Waals surface area contributed by atoms with E-state index in [0.717, 1.165) is 12.8 Å². The van der Waals surface area contributed by atoms with E-state index in [2.05, 4.69) is 15.9 Å². The van der Waals surface area contributed by atoms with Crippen LogP contribution in [0, 0.1) is 12.8 Å². The van der Waals surface area contributed by atoms with Crippen LogP contribution in [-0.4, -0.2) is 30.9 Å². The summed E-state index contributed by atoms with van der Waals surface area (Å²) in [6.07, 6.45) is 2.23. The number of hydrogen-bond donors (Lipinski definition) is 1. The van der Waals surface area contributed by atoms with Crippen molar-refractivity contribution in [2.24, 2.45) is 5.92 Å².